The van der Waals surface area contributed by atoms with Crippen molar-refractivity contribution in [2.75, 3.05) is 32.0 Å². The van der Waals surface area contributed by atoms with Crippen molar-refractivity contribution < 1.29 is 10.2 Å². The molecule has 0 aliphatic carbocycles. The molecular formula is C15H25NO2S. The number of aliphatic hydroxyl groups is 2. The van der Waals surface area contributed by atoms with Crippen LogP contribution in [-0.4, -0.2) is 47.1 Å². The minimum Gasteiger partial charge on any atom is -0.395 e. The number of thioether (sulfide) groups is 1. The lowest BCUT2D eigenvalue weighted by Gasteiger charge is -2.21. The molecule has 0 amide bonds. The van der Waals surface area contributed by atoms with E-state index in [0.717, 1.165) is 24.4 Å². The molecule has 1 unspecified atom stereocenters. The fraction of sp³-hybridized carbons (Fsp3) is 0.600. The van der Waals surface area contributed by atoms with Crippen LogP contribution in [0.5, 0.6) is 0 Å². The van der Waals surface area contributed by atoms with Gasteiger partial charge in [-0.2, -0.15) is 0 Å². The monoisotopic (exact) mass is 283 g/mol. The van der Waals surface area contributed by atoms with Crippen LogP contribution in [0.3, 0.4) is 0 Å². The Morgan fingerprint density at radius 3 is 2.37 bits per heavy atom. The first-order valence-corrected chi connectivity index (χ1v) is 7.93. The van der Waals surface area contributed by atoms with E-state index < -0.39 is 6.10 Å². The van der Waals surface area contributed by atoms with Gasteiger partial charge in [0.25, 0.3) is 0 Å². The molecule has 1 rings (SSSR count). The fourth-order valence-corrected chi connectivity index (χ4v) is 2.66. The Labute approximate surface area is 120 Å². The van der Waals surface area contributed by atoms with Crippen LogP contribution in [-0.2, 0) is 0 Å². The number of nitrogens with zero attached hydrogens (tertiary/aromatic N) is 1. The highest BCUT2D eigenvalue weighted by Crippen LogP contribution is 2.22. The lowest BCUT2D eigenvalue weighted by molar-refractivity contribution is 0.133. The lowest BCUT2D eigenvalue weighted by Crippen LogP contribution is -2.28. The highest BCUT2D eigenvalue weighted by atomic mass is 32.2. The number of hydrogen-bond donors (Lipinski definition) is 2. The van der Waals surface area contributed by atoms with Gasteiger partial charge in [0.15, 0.2) is 0 Å². The van der Waals surface area contributed by atoms with Crippen molar-refractivity contribution in [1.82, 2.24) is 4.90 Å². The van der Waals surface area contributed by atoms with Crippen LogP contribution >= 0.6 is 11.8 Å². The summed E-state index contributed by atoms with van der Waals surface area (Å²) >= 11 is 1.81. The zero-order chi connectivity index (χ0) is 14.1. The maximum atomic E-state index is 10.2. The van der Waals surface area contributed by atoms with E-state index in [1.54, 1.807) is 11.8 Å². The quantitative estimate of drug-likeness (QED) is 0.684. The largest absolute Gasteiger partial charge is 0.395 e. The van der Waals surface area contributed by atoms with Gasteiger partial charge in [0, 0.05) is 18.0 Å². The summed E-state index contributed by atoms with van der Waals surface area (Å²) in [6.45, 7) is 6.76. The maximum absolute atomic E-state index is 10.2. The number of hydrogen-bond acceptors (Lipinski definition) is 4. The molecular weight excluding hydrogens is 258 g/mol. The molecule has 0 aliphatic heterocycles. The van der Waals surface area contributed by atoms with Crippen LogP contribution < -0.4 is 0 Å². The van der Waals surface area contributed by atoms with Crippen molar-refractivity contribution in [2.45, 2.75) is 31.3 Å². The van der Waals surface area contributed by atoms with Gasteiger partial charge in [-0.05, 0) is 36.4 Å². The van der Waals surface area contributed by atoms with Gasteiger partial charge in [0.05, 0.1) is 12.7 Å². The Kier molecular flexibility index (Phi) is 8.14. The van der Waals surface area contributed by atoms with E-state index in [1.807, 2.05) is 12.1 Å². The summed E-state index contributed by atoms with van der Waals surface area (Å²) in [7, 11) is 0. The second kappa shape index (κ2) is 9.37. The smallest absolute Gasteiger partial charge is 0.0802 e. The highest BCUT2D eigenvalue weighted by Gasteiger charge is 2.10. The summed E-state index contributed by atoms with van der Waals surface area (Å²) in [6, 6.07) is 8.14. The van der Waals surface area contributed by atoms with Gasteiger partial charge in [-0.25, -0.2) is 0 Å². The SMILES string of the molecule is CCSc1ccc(C(O)CCN(CC)CCO)cc1. The zero-order valence-electron chi connectivity index (χ0n) is 11.9. The highest BCUT2D eigenvalue weighted by molar-refractivity contribution is 7.99. The summed E-state index contributed by atoms with van der Waals surface area (Å²) < 4.78 is 0. The lowest BCUT2D eigenvalue weighted by atomic mass is 10.1. The van der Waals surface area contributed by atoms with Crippen LogP contribution in [0.4, 0.5) is 0 Å². The zero-order valence-corrected chi connectivity index (χ0v) is 12.7. The summed E-state index contributed by atoms with van der Waals surface area (Å²) in [5.74, 6) is 1.06. The van der Waals surface area contributed by atoms with Crippen LogP contribution in [0.15, 0.2) is 29.2 Å². The molecule has 0 aromatic heterocycles. The molecule has 1 aromatic rings. The van der Waals surface area contributed by atoms with E-state index in [0.29, 0.717) is 13.0 Å². The molecule has 108 valence electrons. The molecule has 0 saturated heterocycles. The third kappa shape index (κ3) is 5.95. The van der Waals surface area contributed by atoms with E-state index in [2.05, 4.69) is 30.9 Å². The van der Waals surface area contributed by atoms with Gasteiger partial charge >= 0.3 is 0 Å². The van der Waals surface area contributed by atoms with Gasteiger partial charge in [-0.3, -0.25) is 0 Å². The van der Waals surface area contributed by atoms with E-state index in [9.17, 15) is 5.11 Å². The molecule has 19 heavy (non-hydrogen) atoms. The number of aliphatic hydroxyl groups excluding tert-OH is 2. The topological polar surface area (TPSA) is 43.7 Å². The molecule has 0 heterocycles. The number of rotatable bonds is 9. The Balaban J connectivity index is 2.45. The first-order valence-electron chi connectivity index (χ1n) is 6.95. The Morgan fingerprint density at radius 2 is 1.84 bits per heavy atom. The number of benzene rings is 1. The molecule has 1 atom stereocenters. The van der Waals surface area contributed by atoms with Crippen molar-refractivity contribution in [3.63, 3.8) is 0 Å². The Hall–Kier alpha value is -0.550. The van der Waals surface area contributed by atoms with Crippen LogP contribution in [0.25, 0.3) is 0 Å². The van der Waals surface area contributed by atoms with Gasteiger partial charge in [-0.1, -0.05) is 26.0 Å². The molecule has 0 fully saturated rings. The van der Waals surface area contributed by atoms with E-state index in [1.165, 1.54) is 4.90 Å². The fourth-order valence-electron chi connectivity index (χ4n) is 1.99. The predicted octanol–water partition coefficient (Wildman–Crippen LogP) is 2.54. The Bertz CT molecular complexity index is 343. The molecule has 0 saturated carbocycles. The van der Waals surface area contributed by atoms with Gasteiger partial charge < -0.3 is 15.1 Å². The molecule has 1 aromatic carbocycles. The minimum atomic E-state index is -0.423. The van der Waals surface area contributed by atoms with Gasteiger partial charge in [0.2, 0.25) is 0 Å². The van der Waals surface area contributed by atoms with E-state index >= 15 is 0 Å². The molecule has 0 bridgehead atoms. The third-order valence-corrected chi connectivity index (χ3v) is 4.05. The third-order valence-electron chi connectivity index (χ3n) is 3.16. The van der Waals surface area contributed by atoms with Crippen LogP contribution in [0.2, 0.25) is 0 Å². The predicted molar refractivity (Wildman–Crippen MR) is 81.6 cm³/mol. The normalized spacial score (nSPS) is 12.9. The molecule has 4 heteroatoms. The van der Waals surface area contributed by atoms with Crippen molar-refractivity contribution >= 4 is 11.8 Å². The van der Waals surface area contributed by atoms with Crippen molar-refractivity contribution in [2.24, 2.45) is 0 Å². The first-order chi connectivity index (χ1) is 9.21. The van der Waals surface area contributed by atoms with Gasteiger partial charge in [0.1, 0.15) is 0 Å². The van der Waals surface area contributed by atoms with Crippen molar-refractivity contribution in [3.8, 4) is 0 Å². The first kappa shape index (κ1) is 16.5. The van der Waals surface area contributed by atoms with Gasteiger partial charge in [-0.15, -0.1) is 11.8 Å². The molecule has 3 nitrogen and oxygen atoms in total. The summed E-state index contributed by atoms with van der Waals surface area (Å²) in [5.41, 5.74) is 0.973. The van der Waals surface area contributed by atoms with Crippen LogP contribution in [0, 0.1) is 0 Å². The second-order valence-electron chi connectivity index (χ2n) is 4.46. The summed E-state index contributed by atoms with van der Waals surface area (Å²) in [5, 5.41) is 19.1. The molecule has 0 aliphatic rings. The molecule has 2 N–H and O–H groups in total. The van der Waals surface area contributed by atoms with Crippen molar-refractivity contribution in [1.29, 1.82) is 0 Å². The minimum absolute atomic E-state index is 0.173. The maximum Gasteiger partial charge on any atom is 0.0802 e. The molecule has 0 spiro atoms. The summed E-state index contributed by atoms with van der Waals surface area (Å²) in [4.78, 5) is 3.39. The average Bonchev–Trinajstić information content (AvgIpc) is 2.44. The summed E-state index contributed by atoms with van der Waals surface area (Å²) in [6.07, 6.45) is 0.280. The average molecular weight is 283 g/mol. The van der Waals surface area contributed by atoms with Crippen molar-refractivity contribution in [3.05, 3.63) is 29.8 Å². The Morgan fingerprint density at radius 1 is 1.16 bits per heavy atom. The number of likely N-dealkylation sites (N-methyl/N-ethyl adjacent to an activating group) is 1. The molecule has 0 radical (unpaired) electrons. The second-order valence-corrected chi connectivity index (χ2v) is 5.80. The van der Waals surface area contributed by atoms with Crippen LogP contribution in [0.1, 0.15) is 31.9 Å². The standard InChI is InChI=1S/C15H25NO2S/c1-3-16(11-12-17)10-9-15(18)13-5-7-14(8-6-13)19-4-2/h5-8,15,17-18H,3-4,9-12H2,1-2H3. The van der Waals surface area contributed by atoms with E-state index in [4.69, 9.17) is 5.11 Å². The van der Waals surface area contributed by atoms with E-state index in [-0.39, 0.29) is 6.61 Å².